The van der Waals surface area contributed by atoms with Crippen molar-refractivity contribution >= 4 is 11.8 Å². The van der Waals surface area contributed by atoms with Gasteiger partial charge in [-0.2, -0.15) is 5.10 Å². The number of nitrogens with zero attached hydrogens (tertiary/aromatic N) is 3. The number of nitrogens with one attached hydrogen (secondary N) is 1. The first-order valence-corrected chi connectivity index (χ1v) is 7.79. The van der Waals surface area contributed by atoms with Crippen LogP contribution in [0, 0.1) is 13.8 Å². The first-order valence-electron chi connectivity index (χ1n) is 7.79. The average Bonchev–Trinajstić information content (AvgIpc) is 2.83. The van der Waals surface area contributed by atoms with Crippen molar-refractivity contribution in [3.8, 4) is 0 Å². The van der Waals surface area contributed by atoms with Crippen molar-refractivity contribution in [3.05, 3.63) is 17.0 Å². The van der Waals surface area contributed by atoms with E-state index < -0.39 is 6.04 Å². The Kier molecular flexibility index (Phi) is 5.18. The zero-order chi connectivity index (χ0) is 16.3. The molecule has 0 bridgehead atoms. The van der Waals surface area contributed by atoms with Gasteiger partial charge in [-0.05, 0) is 20.3 Å². The lowest BCUT2D eigenvalue weighted by Crippen LogP contribution is -2.54. The molecule has 0 aliphatic carbocycles. The van der Waals surface area contributed by atoms with Gasteiger partial charge >= 0.3 is 0 Å². The standard InChI is InChI=1S/C15H25N5O2/c1-4-5-6-19-7-8-20(9-12(19)21)15(22)14(16)13-10(2)17-18-11(13)3/h14H,4-9,16H2,1-3H3,(H,17,18)/t14-/m1/s1. The molecule has 1 aliphatic rings. The molecule has 7 heteroatoms. The Labute approximate surface area is 130 Å². The largest absolute Gasteiger partial charge is 0.339 e. The van der Waals surface area contributed by atoms with E-state index in [-0.39, 0.29) is 18.4 Å². The van der Waals surface area contributed by atoms with E-state index in [1.807, 2.05) is 18.7 Å². The molecule has 0 radical (unpaired) electrons. The summed E-state index contributed by atoms with van der Waals surface area (Å²) in [6.45, 7) is 7.77. The highest BCUT2D eigenvalue weighted by molar-refractivity contribution is 5.89. The SMILES string of the molecule is CCCCN1CCN(C(=O)[C@H](N)c2c(C)n[nH]c2C)CC1=O. The summed E-state index contributed by atoms with van der Waals surface area (Å²) in [6.07, 6.45) is 2.04. The van der Waals surface area contributed by atoms with Crippen LogP contribution in [0.2, 0.25) is 0 Å². The highest BCUT2D eigenvalue weighted by atomic mass is 16.2. The third-order valence-corrected chi connectivity index (χ3v) is 4.17. The van der Waals surface area contributed by atoms with Crippen LogP contribution in [0.25, 0.3) is 0 Å². The average molecular weight is 307 g/mol. The van der Waals surface area contributed by atoms with Crippen LogP contribution in [-0.4, -0.2) is 58.0 Å². The fourth-order valence-corrected chi connectivity index (χ4v) is 2.82. The second kappa shape index (κ2) is 6.91. The van der Waals surface area contributed by atoms with E-state index in [4.69, 9.17) is 5.73 Å². The maximum atomic E-state index is 12.6. The molecule has 1 aliphatic heterocycles. The van der Waals surface area contributed by atoms with Gasteiger partial charge in [0.2, 0.25) is 11.8 Å². The number of aromatic amines is 1. The molecule has 1 fully saturated rings. The lowest BCUT2D eigenvalue weighted by molar-refractivity contribution is -0.146. The van der Waals surface area contributed by atoms with Crippen LogP contribution in [-0.2, 0) is 9.59 Å². The minimum atomic E-state index is -0.770. The van der Waals surface area contributed by atoms with Crippen molar-refractivity contribution in [1.29, 1.82) is 0 Å². The number of piperazine rings is 1. The molecule has 0 unspecified atom stereocenters. The quantitative estimate of drug-likeness (QED) is 0.828. The molecule has 0 saturated carbocycles. The highest BCUT2D eigenvalue weighted by Crippen LogP contribution is 2.20. The Bertz CT molecular complexity index is 535. The molecule has 2 rings (SSSR count). The highest BCUT2D eigenvalue weighted by Gasteiger charge is 2.31. The minimum absolute atomic E-state index is 0.000822. The zero-order valence-corrected chi connectivity index (χ0v) is 13.6. The predicted octanol–water partition coefficient (Wildman–Crippen LogP) is 0.497. The summed E-state index contributed by atoms with van der Waals surface area (Å²) in [4.78, 5) is 28.1. The van der Waals surface area contributed by atoms with Gasteiger partial charge in [0.05, 0.1) is 12.2 Å². The van der Waals surface area contributed by atoms with Gasteiger partial charge in [-0.25, -0.2) is 0 Å². The van der Waals surface area contributed by atoms with Gasteiger partial charge in [-0.15, -0.1) is 0 Å². The third kappa shape index (κ3) is 3.30. The van der Waals surface area contributed by atoms with E-state index in [1.165, 1.54) is 0 Å². The van der Waals surface area contributed by atoms with Gasteiger partial charge in [0.15, 0.2) is 0 Å². The van der Waals surface area contributed by atoms with Crippen molar-refractivity contribution in [2.24, 2.45) is 5.73 Å². The number of carbonyl (C=O) groups excluding carboxylic acids is 2. The lowest BCUT2D eigenvalue weighted by atomic mass is 10.0. The molecule has 1 aromatic heterocycles. The van der Waals surface area contributed by atoms with Gasteiger partial charge in [-0.1, -0.05) is 13.3 Å². The zero-order valence-electron chi connectivity index (χ0n) is 13.6. The van der Waals surface area contributed by atoms with Crippen molar-refractivity contribution in [2.45, 2.75) is 39.7 Å². The number of unbranched alkanes of at least 4 members (excludes halogenated alkanes) is 1. The minimum Gasteiger partial charge on any atom is -0.339 e. The number of rotatable bonds is 5. The van der Waals surface area contributed by atoms with E-state index in [1.54, 1.807) is 4.90 Å². The molecule has 7 nitrogen and oxygen atoms in total. The van der Waals surface area contributed by atoms with Crippen LogP contribution in [0.4, 0.5) is 0 Å². The van der Waals surface area contributed by atoms with Crippen molar-refractivity contribution in [2.75, 3.05) is 26.2 Å². The van der Waals surface area contributed by atoms with Crippen molar-refractivity contribution in [3.63, 3.8) is 0 Å². The smallest absolute Gasteiger partial charge is 0.244 e. The number of H-pyrrole nitrogens is 1. The van der Waals surface area contributed by atoms with Crippen LogP contribution >= 0.6 is 0 Å². The molecular formula is C15H25N5O2. The molecule has 22 heavy (non-hydrogen) atoms. The summed E-state index contributed by atoms with van der Waals surface area (Å²) in [5.41, 5.74) is 8.35. The fourth-order valence-electron chi connectivity index (χ4n) is 2.82. The lowest BCUT2D eigenvalue weighted by Gasteiger charge is -2.35. The summed E-state index contributed by atoms with van der Waals surface area (Å²) in [7, 11) is 0. The summed E-state index contributed by atoms with van der Waals surface area (Å²) in [5.74, 6) is -0.211. The van der Waals surface area contributed by atoms with E-state index in [0.29, 0.717) is 13.1 Å². The number of hydrogen-bond acceptors (Lipinski definition) is 4. The first-order chi connectivity index (χ1) is 10.5. The van der Waals surface area contributed by atoms with Crippen molar-refractivity contribution < 1.29 is 9.59 Å². The normalized spacial score (nSPS) is 17.0. The number of aromatic nitrogens is 2. The number of carbonyl (C=O) groups is 2. The maximum absolute atomic E-state index is 12.6. The van der Waals surface area contributed by atoms with Crippen LogP contribution in [0.15, 0.2) is 0 Å². The van der Waals surface area contributed by atoms with Crippen LogP contribution < -0.4 is 5.73 Å². The Balaban J connectivity index is 2.01. The topological polar surface area (TPSA) is 95.3 Å². The van der Waals surface area contributed by atoms with Crippen LogP contribution in [0.3, 0.4) is 0 Å². The Morgan fingerprint density at radius 3 is 2.68 bits per heavy atom. The van der Waals surface area contributed by atoms with E-state index in [9.17, 15) is 9.59 Å². The second-order valence-corrected chi connectivity index (χ2v) is 5.82. The molecule has 0 spiro atoms. The summed E-state index contributed by atoms with van der Waals surface area (Å²) < 4.78 is 0. The van der Waals surface area contributed by atoms with E-state index in [0.717, 1.165) is 36.3 Å². The monoisotopic (exact) mass is 307 g/mol. The molecule has 1 aromatic rings. The predicted molar refractivity (Wildman–Crippen MR) is 83.1 cm³/mol. The Morgan fingerprint density at radius 1 is 1.41 bits per heavy atom. The molecule has 3 N–H and O–H groups in total. The number of nitrogens with two attached hydrogens (primary N) is 1. The molecule has 122 valence electrons. The van der Waals surface area contributed by atoms with E-state index >= 15 is 0 Å². The molecule has 2 heterocycles. The van der Waals surface area contributed by atoms with Gasteiger partial charge in [0.25, 0.3) is 0 Å². The van der Waals surface area contributed by atoms with E-state index in [2.05, 4.69) is 17.1 Å². The fraction of sp³-hybridized carbons (Fsp3) is 0.667. The van der Waals surface area contributed by atoms with Gasteiger partial charge < -0.3 is 15.5 Å². The molecule has 1 saturated heterocycles. The summed E-state index contributed by atoms with van der Waals surface area (Å²) in [5, 5.41) is 6.91. The second-order valence-electron chi connectivity index (χ2n) is 5.82. The molecule has 0 aromatic carbocycles. The van der Waals surface area contributed by atoms with Crippen LogP contribution in [0.5, 0.6) is 0 Å². The number of amides is 2. The summed E-state index contributed by atoms with van der Waals surface area (Å²) >= 11 is 0. The van der Waals surface area contributed by atoms with Crippen molar-refractivity contribution in [1.82, 2.24) is 20.0 Å². The third-order valence-electron chi connectivity index (χ3n) is 4.17. The summed E-state index contributed by atoms with van der Waals surface area (Å²) in [6, 6.07) is -0.770. The number of hydrogen-bond donors (Lipinski definition) is 2. The van der Waals surface area contributed by atoms with Gasteiger partial charge in [0, 0.05) is 30.9 Å². The van der Waals surface area contributed by atoms with Gasteiger partial charge in [0.1, 0.15) is 6.04 Å². The van der Waals surface area contributed by atoms with Crippen LogP contribution in [0.1, 0.15) is 42.8 Å². The molecule has 2 amide bonds. The maximum Gasteiger partial charge on any atom is 0.244 e. The Hall–Kier alpha value is -1.89. The number of aryl methyl sites for hydroxylation is 2. The molecule has 1 atom stereocenters. The molecular weight excluding hydrogens is 282 g/mol. The first kappa shape index (κ1) is 16.5. The van der Waals surface area contributed by atoms with Gasteiger partial charge in [-0.3, -0.25) is 14.7 Å². The Morgan fingerprint density at radius 2 is 2.14 bits per heavy atom.